The summed E-state index contributed by atoms with van der Waals surface area (Å²) in [5.74, 6) is 0. The molecule has 5 rings (SSSR count). The molecule has 1 aliphatic carbocycles. The average Bonchev–Trinajstić information content (AvgIpc) is 3.48. The molecule has 0 spiro atoms. The zero-order chi connectivity index (χ0) is 18.9. The zero-order valence-corrected chi connectivity index (χ0v) is 16.4. The van der Waals surface area contributed by atoms with Crippen molar-refractivity contribution in [3.63, 3.8) is 0 Å². The Hall–Kier alpha value is -2.73. The van der Waals surface area contributed by atoms with Crippen LogP contribution in [0.15, 0.2) is 67.3 Å². The molecule has 1 N–H and O–H groups in total. The van der Waals surface area contributed by atoms with E-state index in [-0.39, 0.29) is 12.1 Å². The monoisotopic (exact) mass is 389 g/mol. The number of aromatic nitrogens is 3. The topological polar surface area (TPSA) is 46.0 Å². The lowest BCUT2D eigenvalue weighted by Gasteiger charge is -2.33. The molecule has 1 saturated carbocycles. The summed E-state index contributed by atoms with van der Waals surface area (Å²) < 4.78 is 2.23. The van der Waals surface area contributed by atoms with Gasteiger partial charge >= 0.3 is 0 Å². The highest BCUT2D eigenvalue weighted by molar-refractivity contribution is 7.80. The molecule has 0 aromatic carbocycles. The van der Waals surface area contributed by atoms with Gasteiger partial charge in [0.05, 0.1) is 29.7 Å². The standard InChI is InChI=1S/C22H23N5S/c28-22-25-20(18-10-3-4-13-24-18)21(27(22)16-7-1-2-8-16)19-11-6-14-26(19)17-9-5-12-23-15-17/h3-6,9-16,20-21H,1-2,7-8H2,(H,25,28)/t20-,21-/m0/s1. The van der Waals surface area contributed by atoms with Gasteiger partial charge in [-0.2, -0.15) is 0 Å². The molecule has 3 aromatic rings. The second kappa shape index (κ2) is 7.36. The predicted molar refractivity (Wildman–Crippen MR) is 113 cm³/mol. The van der Waals surface area contributed by atoms with Gasteiger partial charge < -0.3 is 14.8 Å². The maximum atomic E-state index is 5.83. The molecule has 0 radical (unpaired) electrons. The van der Waals surface area contributed by atoms with Crippen molar-refractivity contribution in [2.24, 2.45) is 0 Å². The van der Waals surface area contributed by atoms with Crippen molar-refractivity contribution in [3.05, 3.63) is 78.6 Å². The number of pyridine rings is 2. The highest BCUT2D eigenvalue weighted by Gasteiger charge is 2.44. The smallest absolute Gasteiger partial charge is 0.170 e. The highest BCUT2D eigenvalue weighted by atomic mass is 32.1. The summed E-state index contributed by atoms with van der Waals surface area (Å²) in [4.78, 5) is 11.4. The van der Waals surface area contributed by atoms with E-state index in [1.807, 2.05) is 30.6 Å². The number of nitrogens with one attached hydrogen (secondary N) is 1. The Morgan fingerprint density at radius 3 is 2.64 bits per heavy atom. The van der Waals surface area contributed by atoms with Crippen LogP contribution in [0.5, 0.6) is 0 Å². The fourth-order valence-electron chi connectivity index (χ4n) is 4.62. The van der Waals surface area contributed by atoms with Crippen LogP contribution in [0.25, 0.3) is 5.69 Å². The molecule has 142 valence electrons. The first kappa shape index (κ1) is 17.4. The van der Waals surface area contributed by atoms with Gasteiger partial charge in [0, 0.05) is 30.3 Å². The molecular formula is C22H23N5S. The van der Waals surface area contributed by atoms with E-state index in [0.717, 1.165) is 16.5 Å². The first-order valence-corrected chi connectivity index (χ1v) is 10.3. The van der Waals surface area contributed by atoms with E-state index in [2.05, 4.69) is 55.2 Å². The van der Waals surface area contributed by atoms with E-state index in [4.69, 9.17) is 12.2 Å². The summed E-state index contributed by atoms with van der Waals surface area (Å²) in [6, 6.07) is 15.1. The molecule has 5 nitrogen and oxygen atoms in total. The van der Waals surface area contributed by atoms with Gasteiger partial charge in [-0.05, 0) is 61.5 Å². The average molecular weight is 390 g/mol. The van der Waals surface area contributed by atoms with E-state index in [1.165, 1.54) is 31.4 Å². The Bertz CT molecular complexity index is 949. The zero-order valence-electron chi connectivity index (χ0n) is 15.6. The van der Waals surface area contributed by atoms with Crippen LogP contribution in [0.4, 0.5) is 0 Å². The lowest BCUT2D eigenvalue weighted by atomic mass is 9.99. The van der Waals surface area contributed by atoms with Crippen LogP contribution >= 0.6 is 12.2 Å². The minimum absolute atomic E-state index is 0.0274. The lowest BCUT2D eigenvalue weighted by molar-refractivity contribution is 0.239. The number of hydrogen-bond donors (Lipinski definition) is 1. The van der Waals surface area contributed by atoms with Crippen molar-refractivity contribution in [3.8, 4) is 5.69 Å². The molecule has 4 heterocycles. The number of rotatable bonds is 4. The van der Waals surface area contributed by atoms with Crippen molar-refractivity contribution in [1.29, 1.82) is 0 Å². The van der Waals surface area contributed by atoms with Gasteiger partial charge in [0.2, 0.25) is 0 Å². The van der Waals surface area contributed by atoms with Gasteiger partial charge in [0.15, 0.2) is 5.11 Å². The normalized spacial score (nSPS) is 22.6. The maximum absolute atomic E-state index is 5.83. The van der Waals surface area contributed by atoms with Crippen molar-refractivity contribution in [2.45, 2.75) is 43.8 Å². The van der Waals surface area contributed by atoms with Crippen molar-refractivity contribution >= 4 is 17.3 Å². The van der Waals surface area contributed by atoms with Crippen LogP contribution in [0.3, 0.4) is 0 Å². The van der Waals surface area contributed by atoms with Crippen LogP contribution in [0, 0.1) is 0 Å². The van der Waals surface area contributed by atoms with Crippen molar-refractivity contribution < 1.29 is 0 Å². The van der Waals surface area contributed by atoms with Gasteiger partial charge in [-0.3, -0.25) is 9.97 Å². The Balaban J connectivity index is 1.62. The molecule has 0 bridgehead atoms. The van der Waals surface area contributed by atoms with Crippen molar-refractivity contribution in [2.75, 3.05) is 0 Å². The SMILES string of the molecule is S=C1N[C@@H](c2ccccn2)[C@H](c2cccn2-c2cccnc2)N1C1CCCC1. The van der Waals surface area contributed by atoms with E-state index in [0.29, 0.717) is 6.04 Å². The molecule has 2 atom stereocenters. The van der Waals surface area contributed by atoms with Crippen LogP contribution in [-0.4, -0.2) is 30.6 Å². The second-order valence-electron chi connectivity index (χ2n) is 7.49. The quantitative estimate of drug-likeness (QED) is 0.678. The Morgan fingerprint density at radius 2 is 1.89 bits per heavy atom. The van der Waals surface area contributed by atoms with Gasteiger partial charge in [0.25, 0.3) is 0 Å². The Morgan fingerprint density at radius 1 is 1.00 bits per heavy atom. The number of thiocarbonyl (C=S) groups is 1. The van der Waals surface area contributed by atoms with Crippen molar-refractivity contribution in [1.82, 2.24) is 24.8 Å². The molecule has 2 fully saturated rings. The summed E-state index contributed by atoms with van der Waals surface area (Å²) >= 11 is 5.83. The summed E-state index contributed by atoms with van der Waals surface area (Å²) in [5, 5.41) is 4.42. The van der Waals surface area contributed by atoms with Crippen LogP contribution < -0.4 is 5.32 Å². The lowest BCUT2D eigenvalue weighted by Crippen LogP contribution is -2.38. The summed E-state index contributed by atoms with van der Waals surface area (Å²) in [6.45, 7) is 0. The minimum atomic E-state index is 0.0274. The van der Waals surface area contributed by atoms with Crippen LogP contribution in [0.1, 0.15) is 49.2 Å². The van der Waals surface area contributed by atoms with Gasteiger partial charge in [-0.15, -0.1) is 0 Å². The summed E-state index contributed by atoms with van der Waals surface area (Å²) in [7, 11) is 0. The molecular weight excluding hydrogens is 366 g/mol. The Kier molecular flexibility index (Phi) is 4.56. The Labute approximate surface area is 170 Å². The molecule has 28 heavy (non-hydrogen) atoms. The molecule has 0 amide bonds. The van der Waals surface area contributed by atoms with Gasteiger partial charge in [-0.1, -0.05) is 18.9 Å². The fraction of sp³-hybridized carbons (Fsp3) is 0.318. The second-order valence-corrected chi connectivity index (χ2v) is 7.87. The van der Waals surface area contributed by atoms with E-state index >= 15 is 0 Å². The first-order valence-electron chi connectivity index (χ1n) is 9.90. The molecule has 3 aromatic heterocycles. The summed E-state index contributed by atoms with van der Waals surface area (Å²) in [6.07, 6.45) is 12.6. The third kappa shape index (κ3) is 2.98. The minimum Gasteiger partial charge on any atom is -0.352 e. The van der Waals surface area contributed by atoms with Gasteiger partial charge in [0.1, 0.15) is 0 Å². The van der Waals surface area contributed by atoms with Gasteiger partial charge in [-0.25, -0.2) is 0 Å². The van der Waals surface area contributed by atoms with Crippen LogP contribution in [0.2, 0.25) is 0 Å². The molecule has 6 heteroatoms. The highest BCUT2D eigenvalue weighted by Crippen LogP contribution is 2.43. The van der Waals surface area contributed by atoms with E-state index < -0.39 is 0 Å². The predicted octanol–water partition coefficient (Wildman–Crippen LogP) is 4.18. The number of hydrogen-bond acceptors (Lipinski definition) is 3. The molecule has 0 unspecified atom stereocenters. The maximum Gasteiger partial charge on any atom is 0.170 e. The fourth-order valence-corrected chi connectivity index (χ4v) is 5.01. The first-order chi connectivity index (χ1) is 13.8. The number of nitrogens with zero attached hydrogens (tertiary/aromatic N) is 4. The summed E-state index contributed by atoms with van der Waals surface area (Å²) in [5.41, 5.74) is 3.30. The third-order valence-electron chi connectivity index (χ3n) is 5.86. The molecule has 1 aliphatic heterocycles. The largest absolute Gasteiger partial charge is 0.352 e. The molecule has 1 saturated heterocycles. The van der Waals surface area contributed by atoms with E-state index in [9.17, 15) is 0 Å². The van der Waals surface area contributed by atoms with E-state index in [1.54, 1.807) is 6.20 Å². The molecule has 2 aliphatic rings. The van der Waals surface area contributed by atoms with Crippen LogP contribution in [-0.2, 0) is 0 Å². The third-order valence-corrected chi connectivity index (χ3v) is 6.19.